The van der Waals surface area contributed by atoms with Crippen molar-refractivity contribution in [3.63, 3.8) is 0 Å². The Morgan fingerprint density at radius 1 is 1.37 bits per heavy atom. The van der Waals surface area contributed by atoms with Crippen molar-refractivity contribution in [1.82, 2.24) is 0 Å². The number of hydrogen-bond donors (Lipinski definition) is 1. The van der Waals surface area contributed by atoms with Crippen LogP contribution in [0.15, 0.2) is 18.2 Å². The predicted octanol–water partition coefficient (Wildman–Crippen LogP) is 3.94. The van der Waals surface area contributed by atoms with Gasteiger partial charge in [0.05, 0.1) is 12.2 Å². The van der Waals surface area contributed by atoms with Crippen LogP contribution in [0.1, 0.15) is 36.9 Å². The van der Waals surface area contributed by atoms with Gasteiger partial charge in [0, 0.05) is 6.04 Å². The molecule has 0 amide bonds. The number of hydrogen-bond acceptors (Lipinski definition) is 2. The second-order valence-electron chi connectivity index (χ2n) is 4.80. The summed E-state index contributed by atoms with van der Waals surface area (Å²) < 4.78 is 43.7. The molecule has 1 atom stereocenters. The number of alkyl halides is 3. The van der Waals surface area contributed by atoms with Crippen molar-refractivity contribution in [3.05, 3.63) is 29.3 Å². The van der Waals surface area contributed by atoms with E-state index in [4.69, 9.17) is 10.5 Å². The number of halogens is 4. The summed E-state index contributed by atoms with van der Waals surface area (Å²) in [7, 11) is 0. The Hall–Kier alpha value is -0.940. The molecule has 108 valence electrons. The van der Waals surface area contributed by atoms with Gasteiger partial charge in [0.2, 0.25) is 0 Å². The molecule has 0 aromatic heterocycles. The van der Waals surface area contributed by atoms with Gasteiger partial charge in [0.25, 0.3) is 0 Å². The molecule has 1 aromatic rings. The maximum Gasteiger partial charge on any atom is 0.419 e. The number of nitrogens with two attached hydrogens (primary N) is 1. The lowest BCUT2D eigenvalue weighted by molar-refractivity contribution is -0.139. The van der Waals surface area contributed by atoms with E-state index in [0.717, 1.165) is 18.9 Å². The molecule has 1 fully saturated rings. The van der Waals surface area contributed by atoms with Crippen LogP contribution in [0.4, 0.5) is 13.2 Å². The highest BCUT2D eigenvalue weighted by Gasteiger charge is 2.35. The fraction of sp³-hybridized carbons (Fsp3) is 0.538. The molecule has 2 N–H and O–H groups in total. The van der Waals surface area contributed by atoms with E-state index in [0.29, 0.717) is 18.1 Å². The maximum atomic E-state index is 12.8. The van der Waals surface area contributed by atoms with E-state index in [1.807, 2.05) is 0 Å². The largest absolute Gasteiger partial charge is 0.493 e. The van der Waals surface area contributed by atoms with Crippen LogP contribution in [-0.4, -0.2) is 6.61 Å². The van der Waals surface area contributed by atoms with Gasteiger partial charge in [-0.1, -0.05) is 6.07 Å². The van der Waals surface area contributed by atoms with Crippen LogP contribution in [0.25, 0.3) is 0 Å². The summed E-state index contributed by atoms with van der Waals surface area (Å²) in [5, 5.41) is 0. The third-order valence-electron chi connectivity index (χ3n) is 3.01. The SMILES string of the molecule is CC(N)c1ccc(C(F)(F)F)c(OCC2CC2)c1.Cl. The second-order valence-corrected chi connectivity index (χ2v) is 4.80. The van der Waals surface area contributed by atoms with E-state index < -0.39 is 11.7 Å². The molecule has 2 nitrogen and oxygen atoms in total. The van der Waals surface area contributed by atoms with Gasteiger partial charge in [0.1, 0.15) is 5.75 Å². The van der Waals surface area contributed by atoms with E-state index >= 15 is 0 Å². The summed E-state index contributed by atoms with van der Waals surface area (Å²) >= 11 is 0. The van der Waals surface area contributed by atoms with Gasteiger partial charge in [-0.3, -0.25) is 0 Å². The highest BCUT2D eigenvalue weighted by molar-refractivity contribution is 5.85. The summed E-state index contributed by atoms with van der Waals surface area (Å²) in [5.41, 5.74) is 5.59. The van der Waals surface area contributed by atoms with Crippen LogP contribution in [0.5, 0.6) is 5.75 Å². The zero-order valence-electron chi connectivity index (χ0n) is 10.5. The topological polar surface area (TPSA) is 35.2 Å². The predicted molar refractivity (Wildman–Crippen MR) is 69.5 cm³/mol. The summed E-state index contributed by atoms with van der Waals surface area (Å²) in [5.74, 6) is 0.300. The minimum absolute atomic E-state index is 0. The van der Waals surface area contributed by atoms with E-state index in [2.05, 4.69) is 0 Å². The third kappa shape index (κ3) is 4.28. The van der Waals surface area contributed by atoms with Crippen molar-refractivity contribution in [3.8, 4) is 5.75 Å². The van der Waals surface area contributed by atoms with Crippen LogP contribution >= 0.6 is 12.4 Å². The number of benzene rings is 1. The Balaban J connectivity index is 0.00000180. The van der Waals surface area contributed by atoms with Crippen LogP contribution in [0.2, 0.25) is 0 Å². The molecule has 1 saturated carbocycles. The Morgan fingerprint density at radius 3 is 2.47 bits per heavy atom. The Morgan fingerprint density at radius 2 is 2.00 bits per heavy atom. The molecular weight excluding hydrogens is 279 g/mol. The van der Waals surface area contributed by atoms with Gasteiger partial charge < -0.3 is 10.5 Å². The molecule has 1 aliphatic carbocycles. The van der Waals surface area contributed by atoms with Crippen molar-refractivity contribution in [2.45, 2.75) is 32.0 Å². The number of ether oxygens (including phenoxy) is 1. The fourth-order valence-electron chi connectivity index (χ4n) is 1.67. The molecule has 1 aliphatic rings. The molecule has 0 radical (unpaired) electrons. The molecule has 0 bridgehead atoms. The molecule has 6 heteroatoms. The molecule has 2 rings (SSSR count). The molecule has 19 heavy (non-hydrogen) atoms. The first-order valence-electron chi connectivity index (χ1n) is 5.97. The van der Waals surface area contributed by atoms with Crippen LogP contribution in [-0.2, 0) is 6.18 Å². The Kier molecular flexibility index (Phi) is 5.10. The van der Waals surface area contributed by atoms with E-state index in [-0.39, 0.29) is 24.2 Å². The van der Waals surface area contributed by atoms with Crippen molar-refractivity contribution in [1.29, 1.82) is 0 Å². The molecule has 0 saturated heterocycles. The average Bonchev–Trinajstić information content (AvgIpc) is 3.08. The second kappa shape index (κ2) is 6.01. The van der Waals surface area contributed by atoms with Crippen molar-refractivity contribution < 1.29 is 17.9 Å². The lowest BCUT2D eigenvalue weighted by Crippen LogP contribution is -2.12. The van der Waals surface area contributed by atoms with Gasteiger partial charge in [-0.05, 0) is 43.4 Å². The van der Waals surface area contributed by atoms with Gasteiger partial charge in [-0.2, -0.15) is 13.2 Å². The molecule has 1 unspecified atom stereocenters. The van der Waals surface area contributed by atoms with E-state index in [1.54, 1.807) is 6.92 Å². The van der Waals surface area contributed by atoms with Crippen LogP contribution in [0, 0.1) is 5.92 Å². The molecule has 0 aliphatic heterocycles. The van der Waals surface area contributed by atoms with Crippen LogP contribution < -0.4 is 10.5 Å². The first kappa shape index (κ1) is 16.1. The zero-order chi connectivity index (χ0) is 13.3. The summed E-state index contributed by atoms with van der Waals surface area (Å²) in [6.07, 6.45) is -2.32. The van der Waals surface area contributed by atoms with Crippen molar-refractivity contribution in [2.75, 3.05) is 6.61 Å². The van der Waals surface area contributed by atoms with E-state index in [1.165, 1.54) is 12.1 Å². The molecular formula is C13H17ClF3NO. The highest BCUT2D eigenvalue weighted by atomic mass is 35.5. The quantitative estimate of drug-likeness (QED) is 0.913. The number of rotatable bonds is 4. The van der Waals surface area contributed by atoms with E-state index in [9.17, 15) is 13.2 Å². The Bertz CT molecular complexity index is 430. The molecule has 1 aromatic carbocycles. The summed E-state index contributed by atoms with van der Waals surface area (Å²) in [6.45, 7) is 2.08. The summed E-state index contributed by atoms with van der Waals surface area (Å²) in [4.78, 5) is 0. The highest BCUT2D eigenvalue weighted by Crippen LogP contribution is 2.38. The zero-order valence-corrected chi connectivity index (χ0v) is 11.4. The first-order chi connectivity index (χ1) is 8.38. The van der Waals surface area contributed by atoms with Crippen molar-refractivity contribution in [2.24, 2.45) is 11.7 Å². The minimum atomic E-state index is -4.39. The molecule has 0 spiro atoms. The van der Waals surface area contributed by atoms with Gasteiger partial charge in [0.15, 0.2) is 0 Å². The van der Waals surface area contributed by atoms with Crippen molar-refractivity contribution >= 4 is 12.4 Å². The smallest absolute Gasteiger partial charge is 0.419 e. The maximum absolute atomic E-state index is 12.8. The molecule has 0 heterocycles. The minimum Gasteiger partial charge on any atom is -0.493 e. The van der Waals surface area contributed by atoms with Gasteiger partial charge in [-0.15, -0.1) is 12.4 Å². The van der Waals surface area contributed by atoms with Gasteiger partial charge in [-0.25, -0.2) is 0 Å². The third-order valence-corrected chi connectivity index (χ3v) is 3.01. The van der Waals surface area contributed by atoms with Crippen LogP contribution in [0.3, 0.4) is 0 Å². The first-order valence-corrected chi connectivity index (χ1v) is 5.97. The standard InChI is InChI=1S/C13H16F3NO.ClH/c1-8(17)10-4-5-11(13(14,15)16)12(6-10)18-7-9-2-3-9;/h4-6,8-9H,2-3,7,17H2,1H3;1H. The van der Waals surface area contributed by atoms with Gasteiger partial charge >= 0.3 is 6.18 Å². The lowest BCUT2D eigenvalue weighted by atomic mass is 10.1. The average molecular weight is 296 g/mol. The summed E-state index contributed by atoms with van der Waals surface area (Å²) in [6, 6.07) is 3.53. The lowest BCUT2D eigenvalue weighted by Gasteiger charge is -2.16. The fourth-order valence-corrected chi connectivity index (χ4v) is 1.67. The monoisotopic (exact) mass is 295 g/mol. The Labute approximate surface area is 116 Å². The normalized spacial score (nSPS) is 16.7.